The van der Waals surface area contributed by atoms with Gasteiger partial charge in [-0.1, -0.05) is 53.5 Å². The van der Waals surface area contributed by atoms with Crippen molar-refractivity contribution in [1.82, 2.24) is 25.4 Å². The van der Waals surface area contributed by atoms with Crippen LogP contribution in [0.15, 0.2) is 28.6 Å². The van der Waals surface area contributed by atoms with Crippen LogP contribution < -0.4 is 16.0 Å². The van der Waals surface area contributed by atoms with Crippen LogP contribution in [-0.2, 0) is 39.9 Å². The number of rotatable bonds is 25. The Morgan fingerprint density at radius 2 is 1.81 bits per heavy atom. The second-order valence-electron chi connectivity index (χ2n) is 16.6. The summed E-state index contributed by atoms with van der Waals surface area (Å²) >= 11 is 1.12. The molecule has 18 heteroatoms. The molecular weight excluding hydrogens is 819 g/mol. The summed E-state index contributed by atoms with van der Waals surface area (Å²) in [5.41, 5.74) is 0.785. The normalized spacial score (nSPS) is 17.1. The SMILES string of the molecule is C=NCCOCCC(=O)Nc1cc(C[C@@H](CC(C)C(=O)O)NC(=O)c2csc([C@@H](C[C@H](C(C)C)N(C)C(=O)[C@@H](NC(=O)[C@H]3CCCCN3C)[C@@H](C)CC)OC(C)=O)n2)ccc1O. The first-order valence-corrected chi connectivity index (χ1v) is 22.3. The van der Waals surface area contributed by atoms with E-state index in [4.69, 9.17) is 9.47 Å². The fourth-order valence-electron chi connectivity index (χ4n) is 7.44. The third-order valence-electron chi connectivity index (χ3n) is 11.3. The summed E-state index contributed by atoms with van der Waals surface area (Å²) in [6.07, 6.45) is 2.84. The van der Waals surface area contributed by atoms with Gasteiger partial charge in [-0.2, -0.15) is 0 Å². The van der Waals surface area contributed by atoms with Gasteiger partial charge in [-0.05, 0) is 75.5 Å². The summed E-state index contributed by atoms with van der Waals surface area (Å²) < 4.78 is 11.1. The van der Waals surface area contributed by atoms with Crippen LogP contribution in [0.3, 0.4) is 0 Å². The highest BCUT2D eigenvalue weighted by atomic mass is 32.1. The average Bonchev–Trinajstić information content (AvgIpc) is 3.72. The van der Waals surface area contributed by atoms with Gasteiger partial charge in [0, 0.05) is 37.9 Å². The van der Waals surface area contributed by atoms with Crippen molar-refractivity contribution in [2.75, 3.05) is 45.7 Å². The van der Waals surface area contributed by atoms with Gasteiger partial charge in [-0.25, -0.2) is 4.98 Å². The van der Waals surface area contributed by atoms with Crippen molar-refractivity contribution in [1.29, 1.82) is 0 Å². The monoisotopic (exact) mass is 885 g/mol. The van der Waals surface area contributed by atoms with E-state index < -0.39 is 48.0 Å². The molecule has 0 aliphatic carbocycles. The van der Waals surface area contributed by atoms with Crippen LogP contribution in [0.25, 0.3) is 0 Å². The number of aliphatic carboxylic acids is 1. The Hall–Kier alpha value is -4.94. The molecule has 1 fully saturated rings. The molecule has 1 saturated heterocycles. The number of aliphatic imine (C=N–C) groups is 1. The fraction of sp³-hybridized carbons (Fsp3) is 0.636. The van der Waals surface area contributed by atoms with Gasteiger partial charge in [0.2, 0.25) is 17.7 Å². The van der Waals surface area contributed by atoms with E-state index in [1.165, 1.54) is 25.3 Å². The third kappa shape index (κ3) is 15.8. The number of esters is 1. The van der Waals surface area contributed by atoms with Crippen molar-refractivity contribution in [2.24, 2.45) is 22.7 Å². The van der Waals surface area contributed by atoms with Gasteiger partial charge in [-0.3, -0.25) is 38.7 Å². The molecule has 62 heavy (non-hydrogen) atoms. The summed E-state index contributed by atoms with van der Waals surface area (Å²) in [4.78, 5) is 90.4. The number of nitrogens with zero attached hydrogens (tertiary/aromatic N) is 4. The molecule has 7 atom stereocenters. The smallest absolute Gasteiger partial charge is 0.306 e. The highest BCUT2D eigenvalue weighted by Gasteiger charge is 2.37. The first-order chi connectivity index (χ1) is 29.4. The quantitative estimate of drug-likeness (QED) is 0.0391. The van der Waals surface area contributed by atoms with Crippen LogP contribution >= 0.6 is 11.3 Å². The van der Waals surface area contributed by atoms with Crippen LogP contribution in [0.5, 0.6) is 5.75 Å². The fourth-order valence-corrected chi connectivity index (χ4v) is 8.28. The number of likely N-dealkylation sites (tertiary alicyclic amines) is 1. The first kappa shape index (κ1) is 51.4. The number of aromatic nitrogens is 1. The molecule has 0 spiro atoms. The maximum Gasteiger partial charge on any atom is 0.306 e. The Labute approximate surface area is 369 Å². The maximum atomic E-state index is 14.3. The Bertz CT molecular complexity index is 1840. The number of hydrogen-bond acceptors (Lipinski definition) is 13. The van der Waals surface area contributed by atoms with Crippen LogP contribution in [-0.4, -0.2) is 132 Å². The van der Waals surface area contributed by atoms with E-state index in [1.807, 2.05) is 39.6 Å². The molecule has 0 saturated carbocycles. The predicted molar refractivity (Wildman–Crippen MR) is 237 cm³/mol. The molecule has 2 heterocycles. The number of thiazole rings is 1. The lowest BCUT2D eigenvalue weighted by Gasteiger charge is -2.38. The van der Waals surface area contributed by atoms with E-state index in [0.29, 0.717) is 30.1 Å². The van der Waals surface area contributed by atoms with E-state index in [0.717, 1.165) is 37.1 Å². The van der Waals surface area contributed by atoms with E-state index in [2.05, 4.69) is 32.6 Å². The highest BCUT2D eigenvalue weighted by Crippen LogP contribution is 2.32. The molecule has 1 aliphatic heterocycles. The third-order valence-corrected chi connectivity index (χ3v) is 12.3. The summed E-state index contributed by atoms with van der Waals surface area (Å²) in [6, 6.07) is 2.35. The Morgan fingerprint density at radius 3 is 2.44 bits per heavy atom. The highest BCUT2D eigenvalue weighted by molar-refractivity contribution is 7.09. The molecule has 1 aliphatic rings. The number of hydrogen-bond donors (Lipinski definition) is 5. The lowest BCUT2D eigenvalue weighted by molar-refractivity contribution is -0.149. The zero-order valence-corrected chi connectivity index (χ0v) is 38.3. The maximum absolute atomic E-state index is 14.3. The molecule has 0 radical (unpaired) electrons. The Morgan fingerprint density at radius 1 is 1.08 bits per heavy atom. The zero-order chi connectivity index (χ0) is 46.1. The minimum Gasteiger partial charge on any atom is -0.506 e. The van der Waals surface area contributed by atoms with Crippen LogP contribution in [0.4, 0.5) is 5.69 Å². The second kappa shape index (κ2) is 25.2. The van der Waals surface area contributed by atoms with Gasteiger partial charge < -0.3 is 40.5 Å². The van der Waals surface area contributed by atoms with Crippen LogP contribution in [0.1, 0.15) is 114 Å². The van der Waals surface area contributed by atoms with Gasteiger partial charge in [-0.15, -0.1) is 11.3 Å². The molecule has 5 N–H and O–H groups in total. The average molecular weight is 886 g/mol. The molecule has 17 nitrogen and oxygen atoms in total. The van der Waals surface area contributed by atoms with Gasteiger partial charge in [0.1, 0.15) is 22.5 Å². The molecular formula is C44H67N7O10S. The number of aromatic hydroxyl groups is 1. The molecule has 1 aromatic heterocycles. The molecule has 3 rings (SSSR count). The van der Waals surface area contributed by atoms with Crippen LogP contribution in [0.2, 0.25) is 0 Å². The molecule has 1 unspecified atom stereocenters. The largest absolute Gasteiger partial charge is 0.506 e. The number of nitrogens with one attached hydrogen (secondary N) is 3. The number of benzene rings is 1. The summed E-state index contributed by atoms with van der Waals surface area (Å²) in [7, 11) is 3.61. The van der Waals surface area contributed by atoms with Crippen molar-refractivity contribution in [3.63, 3.8) is 0 Å². The number of carbonyl (C=O) groups is 6. The first-order valence-electron chi connectivity index (χ1n) is 21.4. The summed E-state index contributed by atoms with van der Waals surface area (Å²) in [5, 5.41) is 30.7. The van der Waals surface area contributed by atoms with Crippen molar-refractivity contribution in [2.45, 2.75) is 123 Å². The van der Waals surface area contributed by atoms with Gasteiger partial charge in [0.15, 0.2) is 6.10 Å². The van der Waals surface area contributed by atoms with E-state index in [1.54, 1.807) is 24.1 Å². The Kier molecular flexibility index (Phi) is 20.9. The number of piperidine rings is 1. The van der Waals surface area contributed by atoms with E-state index in [-0.39, 0.29) is 85.0 Å². The number of likely N-dealkylation sites (N-methyl/N-ethyl adjacent to an activating group) is 2. The molecule has 344 valence electrons. The minimum absolute atomic E-state index is 0.0256. The molecule has 4 amide bonds. The number of amides is 4. The molecule has 1 aromatic carbocycles. The van der Waals surface area contributed by atoms with Gasteiger partial charge in [0.25, 0.3) is 5.91 Å². The number of carbonyl (C=O) groups excluding carboxylic acids is 5. The van der Waals surface area contributed by atoms with Crippen molar-refractivity contribution in [3.05, 3.63) is 39.8 Å². The predicted octanol–water partition coefficient (Wildman–Crippen LogP) is 4.84. The van der Waals surface area contributed by atoms with Gasteiger partial charge >= 0.3 is 11.9 Å². The van der Waals surface area contributed by atoms with Gasteiger partial charge in [0.05, 0.1) is 43.8 Å². The van der Waals surface area contributed by atoms with Crippen LogP contribution in [0, 0.1) is 17.8 Å². The number of carboxylic acid groups (broad SMARTS) is 1. The second-order valence-corrected chi connectivity index (χ2v) is 17.5. The summed E-state index contributed by atoms with van der Waals surface area (Å²) in [5.74, 6) is -4.28. The topological polar surface area (TPSA) is 229 Å². The van der Waals surface area contributed by atoms with E-state index >= 15 is 0 Å². The number of anilines is 1. The van der Waals surface area contributed by atoms with E-state index in [9.17, 15) is 39.0 Å². The number of phenolic OH excluding ortho intramolecular Hbond substituents is 1. The zero-order valence-electron chi connectivity index (χ0n) is 37.5. The minimum atomic E-state index is -1.05. The Balaban J connectivity index is 1.81. The van der Waals surface area contributed by atoms with Crippen molar-refractivity contribution in [3.8, 4) is 5.75 Å². The lowest BCUT2D eigenvalue weighted by atomic mass is 9.92. The lowest BCUT2D eigenvalue weighted by Crippen LogP contribution is -2.58. The molecule has 2 aromatic rings. The number of phenols is 1. The number of carboxylic acids is 1. The van der Waals surface area contributed by atoms with Crippen molar-refractivity contribution < 1.29 is 48.5 Å². The molecule has 0 bridgehead atoms. The van der Waals surface area contributed by atoms with Crippen molar-refractivity contribution >= 4 is 59.3 Å². The summed E-state index contributed by atoms with van der Waals surface area (Å²) in [6.45, 7) is 15.7. The standard InChI is InChI=1S/C44H67N7O10S/c1-10-27(4)39(49-41(56)34-13-11-12-18-50(34)8)43(57)51(9)35(26(2)3)24-37(61-29(6)52)42-48-33(25-62-42)40(55)46-31(21-28(5)44(58)59)22-30-14-15-36(53)32(23-30)47-38(54)16-19-60-20-17-45-7/h14-15,23,25-28,31,34-35,37,39,53H,7,10-13,16-22,24H2,1-6,8-9H3,(H,46,55)(H,47,54)(H,49,56)(H,58,59)/t27-,28?,31+,34+,35+,37+,39-/m0/s1. The number of ether oxygens (including phenoxy) is 2.